The Morgan fingerprint density at radius 3 is 2.44 bits per heavy atom. The lowest BCUT2D eigenvalue weighted by molar-refractivity contribution is 0.0265. The highest BCUT2D eigenvalue weighted by Crippen LogP contribution is 2.29. The zero-order chi connectivity index (χ0) is 13.0. The van der Waals surface area contributed by atoms with Gasteiger partial charge < -0.3 is 9.84 Å². The van der Waals surface area contributed by atoms with Crippen LogP contribution in [0.15, 0.2) is 18.2 Å². The van der Waals surface area contributed by atoms with E-state index in [1.54, 1.807) is 0 Å². The maximum absolute atomic E-state index is 10.1. The molecule has 0 aliphatic heterocycles. The van der Waals surface area contributed by atoms with Crippen molar-refractivity contribution >= 4 is 0 Å². The fourth-order valence-corrected chi connectivity index (χ4v) is 2.52. The van der Waals surface area contributed by atoms with E-state index in [-0.39, 0.29) is 0 Å². The molecule has 0 bridgehead atoms. The molecule has 1 atom stereocenters. The summed E-state index contributed by atoms with van der Waals surface area (Å²) in [4.78, 5) is 0. The topological polar surface area (TPSA) is 29.5 Å². The van der Waals surface area contributed by atoms with Crippen molar-refractivity contribution in [3.05, 3.63) is 34.9 Å². The molecule has 1 fully saturated rings. The molecule has 1 N–H and O–H groups in total. The fraction of sp³-hybridized carbons (Fsp3) is 0.625. The molecule has 1 aromatic carbocycles. The van der Waals surface area contributed by atoms with Crippen LogP contribution < -0.4 is 0 Å². The Kier molecular flexibility index (Phi) is 4.79. The average molecular weight is 248 g/mol. The molecular formula is C16H24O2. The Labute approximate surface area is 110 Å². The van der Waals surface area contributed by atoms with Gasteiger partial charge in [-0.15, -0.1) is 0 Å². The van der Waals surface area contributed by atoms with E-state index in [1.165, 1.54) is 30.4 Å². The second-order valence-electron chi connectivity index (χ2n) is 5.60. The van der Waals surface area contributed by atoms with Gasteiger partial charge in [-0.25, -0.2) is 0 Å². The molecule has 0 radical (unpaired) electrons. The third kappa shape index (κ3) is 3.82. The highest BCUT2D eigenvalue weighted by atomic mass is 16.5. The van der Waals surface area contributed by atoms with Crippen molar-refractivity contribution < 1.29 is 9.84 Å². The van der Waals surface area contributed by atoms with Crippen LogP contribution in [0.3, 0.4) is 0 Å². The second kappa shape index (κ2) is 6.35. The van der Waals surface area contributed by atoms with Crippen molar-refractivity contribution in [2.75, 3.05) is 13.2 Å². The highest BCUT2D eigenvalue weighted by molar-refractivity contribution is 5.29. The van der Waals surface area contributed by atoms with E-state index in [1.807, 2.05) is 12.1 Å². The maximum Gasteiger partial charge on any atom is 0.102 e. The molecule has 1 saturated carbocycles. The van der Waals surface area contributed by atoms with E-state index in [4.69, 9.17) is 4.74 Å². The van der Waals surface area contributed by atoms with Gasteiger partial charge in [0.1, 0.15) is 6.10 Å². The lowest BCUT2D eigenvalue weighted by Crippen LogP contribution is -2.15. The molecule has 2 nitrogen and oxygen atoms in total. The molecule has 1 aliphatic carbocycles. The summed E-state index contributed by atoms with van der Waals surface area (Å²) < 4.78 is 5.59. The van der Waals surface area contributed by atoms with Gasteiger partial charge in [0.2, 0.25) is 0 Å². The first-order valence-corrected chi connectivity index (χ1v) is 6.99. The van der Waals surface area contributed by atoms with Crippen molar-refractivity contribution in [1.29, 1.82) is 0 Å². The molecule has 0 saturated heterocycles. The van der Waals surface area contributed by atoms with E-state index >= 15 is 0 Å². The van der Waals surface area contributed by atoms with Crippen LogP contribution in [-0.2, 0) is 4.74 Å². The van der Waals surface area contributed by atoms with Crippen LogP contribution >= 0.6 is 0 Å². The largest absolute Gasteiger partial charge is 0.386 e. The average Bonchev–Trinajstić information content (AvgIpc) is 2.24. The predicted octanol–water partition coefficient (Wildman–Crippen LogP) is 3.54. The van der Waals surface area contributed by atoms with Crippen LogP contribution in [0.5, 0.6) is 0 Å². The van der Waals surface area contributed by atoms with Gasteiger partial charge in [-0.05, 0) is 31.7 Å². The predicted molar refractivity (Wildman–Crippen MR) is 73.7 cm³/mol. The van der Waals surface area contributed by atoms with Gasteiger partial charge in [0.15, 0.2) is 0 Å². The Bertz CT molecular complexity index is 362. The number of benzene rings is 1. The third-order valence-corrected chi connectivity index (χ3v) is 3.80. The summed E-state index contributed by atoms with van der Waals surface area (Å²) in [5, 5.41) is 10.1. The van der Waals surface area contributed by atoms with Gasteiger partial charge in [0, 0.05) is 6.61 Å². The fourth-order valence-electron chi connectivity index (χ4n) is 2.52. The molecule has 0 heterocycles. The molecular weight excluding hydrogens is 224 g/mol. The number of aryl methyl sites for hydroxylation is 2. The van der Waals surface area contributed by atoms with Gasteiger partial charge in [0.25, 0.3) is 0 Å². The standard InChI is InChI=1S/C16H24O2/c1-12-8-13(2)10-15(9-12)16(17)11-18-7-6-14-4-3-5-14/h8-10,14,16-17H,3-7,11H2,1-2H3. The molecule has 18 heavy (non-hydrogen) atoms. The minimum atomic E-state index is -0.495. The summed E-state index contributed by atoms with van der Waals surface area (Å²) in [6.45, 7) is 5.31. The Morgan fingerprint density at radius 1 is 1.22 bits per heavy atom. The van der Waals surface area contributed by atoms with E-state index in [9.17, 15) is 5.11 Å². The lowest BCUT2D eigenvalue weighted by Gasteiger charge is -2.25. The van der Waals surface area contributed by atoms with Crippen LogP contribution in [0, 0.1) is 19.8 Å². The van der Waals surface area contributed by atoms with Gasteiger partial charge in [-0.2, -0.15) is 0 Å². The normalized spacial score (nSPS) is 17.5. The zero-order valence-electron chi connectivity index (χ0n) is 11.5. The molecule has 2 heteroatoms. The number of hydrogen-bond donors (Lipinski definition) is 1. The number of ether oxygens (including phenoxy) is 1. The summed E-state index contributed by atoms with van der Waals surface area (Å²) in [6.07, 6.45) is 4.77. The summed E-state index contributed by atoms with van der Waals surface area (Å²) in [5.74, 6) is 0.878. The minimum absolute atomic E-state index is 0.412. The highest BCUT2D eigenvalue weighted by Gasteiger charge is 2.17. The summed E-state index contributed by atoms with van der Waals surface area (Å²) in [7, 11) is 0. The molecule has 1 aromatic rings. The Hall–Kier alpha value is -0.860. The second-order valence-corrected chi connectivity index (χ2v) is 5.60. The van der Waals surface area contributed by atoms with Crippen molar-refractivity contribution in [3.8, 4) is 0 Å². The van der Waals surface area contributed by atoms with Crippen LogP contribution in [0.2, 0.25) is 0 Å². The Morgan fingerprint density at radius 2 is 1.89 bits per heavy atom. The van der Waals surface area contributed by atoms with E-state index in [2.05, 4.69) is 19.9 Å². The van der Waals surface area contributed by atoms with Gasteiger partial charge >= 0.3 is 0 Å². The SMILES string of the molecule is Cc1cc(C)cc(C(O)COCCC2CCC2)c1. The minimum Gasteiger partial charge on any atom is -0.386 e. The summed E-state index contributed by atoms with van der Waals surface area (Å²) in [5.41, 5.74) is 3.35. The first-order valence-electron chi connectivity index (χ1n) is 6.99. The monoisotopic (exact) mass is 248 g/mol. The molecule has 1 unspecified atom stereocenters. The first-order chi connectivity index (χ1) is 8.65. The number of aliphatic hydroxyl groups excluding tert-OH is 1. The van der Waals surface area contributed by atoms with E-state index in [0.717, 1.165) is 24.5 Å². The lowest BCUT2D eigenvalue weighted by atomic mass is 9.83. The van der Waals surface area contributed by atoms with Crippen molar-refractivity contribution in [3.63, 3.8) is 0 Å². The maximum atomic E-state index is 10.1. The van der Waals surface area contributed by atoms with Crippen molar-refractivity contribution in [2.45, 2.75) is 45.6 Å². The van der Waals surface area contributed by atoms with Gasteiger partial charge in [-0.1, -0.05) is 48.6 Å². The Balaban J connectivity index is 1.74. The number of aliphatic hydroxyl groups is 1. The molecule has 0 spiro atoms. The number of rotatable bonds is 6. The third-order valence-electron chi connectivity index (χ3n) is 3.80. The van der Waals surface area contributed by atoms with Crippen LogP contribution in [0.25, 0.3) is 0 Å². The van der Waals surface area contributed by atoms with Gasteiger partial charge in [0.05, 0.1) is 6.61 Å². The van der Waals surface area contributed by atoms with E-state index < -0.39 is 6.10 Å². The van der Waals surface area contributed by atoms with E-state index in [0.29, 0.717) is 6.61 Å². The molecule has 1 aliphatic rings. The molecule has 2 rings (SSSR count). The first kappa shape index (κ1) is 13.6. The number of hydrogen-bond acceptors (Lipinski definition) is 2. The quantitative estimate of drug-likeness (QED) is 0.780. The zero-order valence-corrected chi connectivity index (χ0v) is 11.5. The molecule has 100 valence electrons. The summed E-state index contributed by atoms with van der Waals surface area (Å²) in [6, 6.07) is 6.19. The summed E-state index contributed by atoms with van der Waals surface area (Å²) >= 11 is 0. The smallest absolute Gasteiger partial charge is 0.102 e. The van der Waals surface area contributed by atoms with Crippen LogP contribution in [-0.4, -0.2) is 18.3 Å². The van der Waals surface area contributed by atoms with Crippen LogP contribution in [0.1, 0.15) is 48.5 Å². The van der Waals surface area contributed by atoms with Crippen molar-refractivity contribution in [1.82, 2.24) is 0 Å². The van der Waals surface area contributed by atoms with Gasteiger partial charge in [-0.3, -0.25) is 0 Å². The molecule has 0 aromatic heterocycles. The van der Waals surface area contributed by atoms with Crippen molar-refractivity contribution in [2.24, 2.45) is 5.92 Å². The van der Waals surface area contributed by atoms with Crippen LogP contribution in [0.4, 0.5) is 0 Å². The molecule has 0 amide bonds.